The van der Waals surface area contributed by atoms with Crippen molar-refractivity contribution in [2.75, 3.05) is 11.9 Å². The fourth-order valence-corrected chi connectivity index (χ4v) is 2.84. The van der Waals surface area contributed by atoms with Crippen LogP contribution in [0.4, 0.5) is 5.82 Å². The second-order valence-corrected chi connectivity index (χ2v) is 5.65. The van der Waals surface area contributed by atoms with E-state index in [4.69, 9.17) is 9.47 Å². The average molecular weight is 350 g/mol. The van der Waals surface area contributed by atoms with Crippen LogP contribution in [0.3, 0.4) is 0 Å². The van der Waals surface area contributed by atoms with E-state index in [9.17, 15) is 9.59 Å². The standard InChI is InChI=1S/C19H14N2O5/c22-17(20-16-9-10-25-21-16)11-24-19(23)18-12-5-1-3-7-14(12)26-15-8-4-2-6-13(15)18/h1-10,18H,11H2,(H,20,21,22). The van der Waals surface area contributed by atoms with Crippen molar-refractivity contribution in [3.63, 3.8) is 0 Å². The second-order valence-electron chi connectivity index (χ2n) is 5.65. The van der Waals surface area contributed by atoms with Crippen LogP contribution >= 0.6 is 0 Å². The molecule has 1 aliphatic heterocycles. The summed E-state index contributed by atoms with van der Waals surface area (Å²) in [6.07, 6.45) is 1.33. The number of para-hydroxylation sites is 2. The number of hydrogen-bond acceptors (Lipinski definition) is 6. The van der Waals surface area contributed by atoms with Crippen LogP contribution in [0.15, 0.2) is 65.4 Å². The molecule has 1 amide bonds. The lowest BCUT2D eigenvalue weighted by Gasteiger charge is -2.26. The molecule has 0 bridgehead atoms. The molecule has 2 aromatic carbocycles. The van der Waals surface area contributed by atoms with Crippen LogP contribution in [0, 0.1) is 0 Å². The molecule has 130 valence electrons. The van der Waals surface area contributed by atoms with Gasteiger partial charge in [0.1, 0.15) is 23.7 Å². The highest BCUT2D eigenvalue weighted by atomic mass is 16.5. The summed E-state index contributed by atoms with van der Waals surface area (Å²) in [5.41, 5.74) is 1.40. The zero-order chi connectivity index (χ0) is 17.9. The zero-order valence-corrected chi connectivity index (χ0v) is 13.5. The van der Waals surface area contributed by atoms with Gasteiger partial charge in [-0.05, 0) is 12.1 Å². The van der Waals surface area contributed by atoms with Gasteiger partial charge in [-0.2, -0.15) is 0 Å². The largest absolute Gasteiger partial charge is 0.457 e. The molecule has 0 spiro atoms. The Labute approximate surface area is 148 Å². The topological polar surface area (TPSA) is 90.7 Å². The number of nitrogens with zero attached hydrogens (tertiary/aromatic N) is 1. The maximum Gasteiger partial charge on any atom is 0.318 e. The Kier molecular flexibility index (Phi) is 4.10. The highest BCUT2D eigenvalue weighted by Gasteiger charge is 2.33. The first kappa shape index (κ1) is 15.9. The number of esters is 1. The summed E-state index contributed by atoms with van der Waals surface area (Å²) in [7, 11) is 0. The molecule has 2 heterocycles. The van der Waals surface area contributed by atoms with Crippen molar-refractivity contribution in [1.29, 1.82) is 0 Å². The summed E-state index contributed by atoms with van der Waals surface area (Å²) in [6.45, 7) is -0.423. The average Bonchev–Trinajstić information content (AvgIpc) is 3.17. The Bertz CT molecular complexity index is 907. The SMILES string of the molecule is O=C(COC(=O)C1c2ccccc2Oc2ccccc21)Nc1ccon1. The van der Waals surface area contributed by atoms with Crippen LogP contribution in [-0.4, -0.2) is 23.6 Å². The molecule has 1 aromatic heterocycles. The Morgan fingerprint density at radius 1 is 1.00 bits per heavy atom. The van der Waals surface area contributed by atoms with Crippen LogP contribution in [0.2, 0.25) is 0 Å². The van der Waals surface area contributed by atoms with Gasteiger partial charge < -0.3 is 19.3 Å². The first-order chi connectivity index (χ1) is 12.7. The number of fused-ring (bicyclic) bond motifs is 2. The fourth-order valence-electron chi connectivity index (χ4n) is 2.84. The maximum atomic E-state index is 12.7. The molecule has 0 saturated heterocycles. The van der Waals surface area contributed by atoms with Crippen molar-refractivity contribution in [2.24, 2.45) is 0 Å². The van der Waals surface area contributed by atoms with Crippen LogP contribution in [0.25, 0.3) is 0 Å². The first-order valence-electron chi connectivity index (χ1n) is 7.95. The minimum atomic E-state index is -0.656. The van der Waals surface area contributed by atoms with E-state index >= 15 is 0 Å². The van der Waals surface area contributed by atoms with Gasteiger partial charge in [-0.3, -0.25) is 9.59 Å². The van der Waals surface area contributed by atoms with Crippen molar-refractivity contribution < 1.29 is 23.6 Å². The monoisotopic (exact) mass is 350 g/mol. The van der Waals surface area contributed by atoms with E-state index in [2.05, 4.69) is 15.0 Å². The molecule has 0 unspecified atom stereocenters. The van der Waals surface area contributed by atoms with Crippen LogP contribution in [-0.2, 0) is 14.3 Å². The van der Waals surface area contributed by atoms with Gasteiger partial charge in [0.2, 0.25) is 0 Å². The fraction of sp³-hybridized carbons (Fsp3) is 0.105. The number of hydrogen-bond donors (Lipinski definition) is 1. The second kappa shape index (κ2) is 6.72. The van der Waals surface area contributed by atoms with Gasteiger partial charge in [-0.15, -0.1) is 0 Å². The summed E-state index contributed by atoms with van der Waals surface area (Å²) in [4.78, 5) is 24.6. The predicted octanol–water partition coefficient (Wildman–Crippen LogP) is 3.09. The van der Waals surface area contributed by atoms with Crippen molar-refractivity contribution in [3.05, 3.63) is 72.0 Å². The van der Waals surface area contributed by atoms with E-state index in [1.165, 1.54) is 12.3 Å². The molecule has 0 saturated carbocycles. The molecule has 7 nitrogen and oxygen atoms in total. The molecule has 0 aliphatic carbocycles. The predicted molar refractivity (Wildman–Crippen MR) is 90.9 cm³/mol. The molecule has 26 heavy (non-hydrogen) atoms. The summed E-state index contributed by atoms with van der Waals surface area (Å²) < 4.78 is 15.7. The van der Waals surface area contributed by atoms with Crippen LogP contribution in [0.1, 0.15) is 17.0 Å². The number of aromatic nitrogens is 1. The van der Waals surface area contributed by atoms with E-state index in [1.54, 1.807) is 12.1 Å². The zero-order valence-electron chi connectivity index (χ0n) is 13.5. The number of amides is 1. The molecule has 1 N–H and O–H groups in total. The van der Waals surface area contributed by atoms with Crippen LogP contribution in [0.5, 0.6) is 11.5 Å². The smallest absolute Gasteiger partial charge is 0.318 e. The van der Waals surface area contributed by atoms with Crippen molar-refractivity contribution in [2.45, 2.75) is 5.92 Å². The highest BCUT2D eigenvalue weighted by Crippen LogP contribution is 2.44. The highest BCUT2D eigenvalue weighted by molar-refractivity contribution is 5.93. The van der Waals surface area contributed by atoms with E-state index in [-0.39, 0.29) is 5.82 Å². The number of anilines is 1. The third kappa shape index (κ3) is 3.02. The molecule has 0 radical (unpaired) electrons. The number of benzene rings is 2. The first-order valence-corrected chi connectivity index (χ1v) is 7.95. The van der Waals surface area contributed by atoms with Gasteiger partial charge in [0.05, 0.1) is 0 Å². The molecular formula is C19H14N2O5. The Balaban J connectivity index is 1.53. The lowest BCUT2D eigenvalue weighted by Crippen LogP contribution is -2.26. The molecule has 4 rings (SSSR count). The maximum absolute atomic E-state index is 12.7. The molecule has 0 atom stereocenters. The van der Waals surface area contributed by atoms with Crippen molar-refractivity contribution in [1.82, 2.24) is 5.16 Å². The summed E-state index contributed by atoms with van der Waals surface area (Å²) in [5, 5.41) is 6.04. The summed E-state index contributed by atoms with van der Waals surface area (Å²) in [5.74, 6) is -0.228. The summed E-state index contributed by atoms with van der Waals surface area (Å²) >= 11 is 0. The number of carbonyl (C=O) groups is 2. The molecule has 3 aromatic rings. The van der Waals surface area contributed by atoms with E-state index in [1.807, 2.05) is 36.4 Å². The number of ether oxygens (including phenoxy) is 2. The number of carbonyl (C=O) groups excluding carboxylic acids is 2. The van der Waals surface area contributed by atoms with Gasteiger partial charge in [-0.1, -0.05) is 41.6 Å². The minimum Gasteiger partial charge on any atom is -0.457 e. The van der Waals surface area contributed by atoms with Crippen LogP contribution < -0.4 is 10.1 Å². The number of nitrogens with one attached hydrogen (secondary N) is 1. The molecule has 1 aliphatic rings. The third-order valence-electron chi connectivity index (χ3n) is 3.97. The van der Waals surface area contributed by atoms with E-state index in [0.717, 1.165) is 0 Å². The van der Waals surface area contributed by atoms with E-state index < -0.39 is 24.4 Å². The number of rotatable bonds is 4. The molecule has 7 heteroatoms. The van der Waals surface area contributed by atoms with Gasteiger partial charge in [0.15, 0.2) is 12.4 Å². The van der Waals surface area contributed by atoms with Gasteiger partial charge in [0.25, 0.3) is 5.91 Å². The lowest BCUT2D eigenvalue weighted by atomic mass is 9.88. The minimum absolute atomic E-state index is 0.257. The quantitative estimate of drug-likeness (QED) is 0.727. The Hall–Kier alpha value is -3.61. The Morgan fingerprint density at radius 3 is 2.27 bits per heavy atom. The Morgan fingerprint density at radius 2 is 1.65 bits per heavy atom. The van der Waals surface area contributed by atoms with Crippen molar-refractivity contribution >= 4 is 17.7 Å². The lowest BCUT2D eigenvalue weighted by molar-refractivity contribution is -0.148. The normalized spacial score (nSPS) is 12.5. The van der Waals surface area contributed by atoms with Gasteiger partial charge in [-0.25, -0.2) is 0 Å². The third-order valence-corrected chi connectivity index (χ3v) is 3.97. The van der Waals surface area contributed by atoms with Gasteiger partial charge in [0, 0.05) is 17.2 Å². The van der Waals surface area contributed by atoms with E-state index in [0.29, 0.717) is 22.6 Å². The van der Waals surface area contributed by atoms with Crippen molar-refractivity contribution in [3.8, 4) is 11.5 Å². The summed E-state index contributed by atoms with van der Waals surface area (Å²) in [6, 6.07) is 16.0. The molecule has 0 fully saturated rings. The van der Waals surface area contributed by atoms with Gasteiger partial charge >= 0.3 is 5.97 Å². The molecular weight excluding hydrogens is 336 g/mol.